The molecule has 1 unspecified atom stereocenters. The molecule has 0 aromatic heterocycles. The van der Waals surface area contributed by atoms with Gasteiger partial charge in [0.2, 0.25) is 5.91 Å². The van der Waals surface area contributed by atoms with E-state index in [2.05, 4.69) is 27.7 Å². The number of rotatable bonds is 6. The van der Waals surface area contributed by atoms with E-state index >= 15 is 0 Å². The van der Waals surface area contributed by atoms with Gasteiger partial charge in [-0.2, -0.15) is 0 Å². The summed E-state index contributed by atoms with van der Waals surface area (Å²) >= 11 is 0. The molecule has 1 aromatic carbocycles. The van der Waals surface area contributed by atoms with Crippen LogP contribution in [0.25, 0.3) is 0 Å². The number of piperidine rings is 1. The SMILES string of the molecule is CCOC(=O)NC(C(=O)NC1CCN(c2ccccc2)CC1)C(C)C. The van der Waals surface area contributed by atoms with E-state index in [4.69, 9.17) is 4.74 Å². The number of nitrogens with zero attached hydrogens (tertiary/aromatic N) is 1. The molecule has 0 aliphatic carbocycles. The molecule has 138 valence electrons. The Morgan fingerprint density at radius 2 is 1.84 bits per heavy atom. The van der Waals surface area contributed by atoms with Crippen LogP contribution in [0.5, 0.6) is 0 Å². The zero-order valence-corrected chi connectivity index (χ0v) is 15.3. The molecule has 0 bridgehead atoms. The van der Waals surface area contributed by atoms with E-state index in [9.17, 15) is 9.59 Å². The van der Waals surface area contributed by atoms with Gasteiger partial charge in [-0.25, -0.2) is 4.79 Å². The van der Waals surface area contributed by atoms with Gasteiger partial charge in [-0.15, -0.1) is 0 Å². The highest BCUT2D eigenvalue weighted by Crippen LogP contribution is 2.19. The van der Waals surface area contributed by atoms with Crippen molar-refractivity contribution in [3.8, 4) is 0 Å². The highest BCUT2D eigenvalue weighted by molar-refractivity contribution is 5.86. The second-order valence-corrected chi connectivity index (χ2v) is 6.69. The average molecular weight is 347 g/mol. The fourth-order valence-corrected chi connectivity index (χ4v) is 3.05. The summed E-state index contributed by atoms with van der Waals surface area (Å²) < 4.78 is 4.89. The minimum Gasteiger partial charge on any atom is -0.450 e. The summed E-state index contributed by atoms with van der Waals surface area (Å²) in [5, 5.41) is 5.74. The van der Waals surface area contributed by atoms with Crippen molar-refractivity contribution >= 4 is 17.7 Å². The number of carbonyl (C=O) groups excluding carboxylic acids is 2. The average Bonchev–Trinajstić information content (AvgIpc) is 2.61. The van der Waals surface area contributed by atoms with E-state index in [1.54, 1.807) is 6.92 Å². The number of ether oxygens (including phenoxy) is 1. The summed E-state index contributed by atoms with van der Waals surface area (Å²) in [5.74, 6) is -0.143. The third kappa shape index (κ3) is 5.66. The predicted octanol–water partition coefficient (Wildman–Crippen LogP) is 2.54. The Balaban J connectivity index is 1.84. The van der Waals surface area contributed by atoms with Crippen LogP contribution in [0.1, 0.15) is 33.6 Å². The first-order chi connectivity index (χ1) is 12.0. The lowest BCUT2D eigenvalue weighted by Crippen LogP contribution is -2.54. The molecular formula is C19H29N3O3. The minimum absolute atomic E-state index is 0.00573. The molecule has 1 aliphatic rings. The van der Waals surface area contributed by atoms with Gasteiger partial charge in [0, 0.05) is 24.8 Å². The Labute approximate surface area is 149 Å². The summed E-state index contributed by atoms with van der Waals surface area (Å²) in [6, 6.07) is 9.87. The van der Waals surface area contributed by atoms with Crippen molar-refractivity contribution < 1.29 is 14.3 Å². The topological polar surface area (TPSA) is 70.7 Å². The molecule has 1 atom stereocenters. The number of nitrogens with one attached hydrogen (secondary N) is 2. The van der Waals surface area contributed by atoms with Crippen LogP contribution in [0.15, 0.2) is 30.3 Å². The normalized spacial score (nSPS) is 16.4. The van der Waals surface area contributed by atoms with Crippen molar-refractivity contribution in [1.82, 2.24) is 10.6 Å². The van der Waals surface area contributed by atoms with E-state index in [0.29, 0.717) is 0 Å². The third-order valence-electron chi connectivity index (χ3n) is 4.46. The fourth-order valence-electron chi connectivity index (χ4n) is 3.05. The van der Waals surface area contributed by atoms with Crippen LogP contribution in [-0.2, 0) is 9.53 Å². The molecule has 1 heterocycles. The van der Waals surface area contributed by atoms with E-state index in [1.807, 2.05) is 32.0 Å². The maximum Gasteiger partial charge on any atom is 0.407 e. The van der Waals surface area contributed by atoms with Crippen molar-refractivity contribution in [2.24, 2.45) is 5.92 Å². The highest BCUT2D eigenvalue weighted by Gasteiger charge is 2.28. The number of carbonyl (C=O) groups is 2. The van der Waals surface area contributed by atoms with Gasteiger partial charge in [-0.3, -0.25) is 4.79 Å². The maximum absolute atomic E-state index is 12.5. The van der Waals surface area contributed by atoms with Gasteiger partial charge < -0.3 is 20.3 Å². The number of hydrogen-bond acceptors (Lipinski definition) is 4. The summed E-state index contributed by atoms with van der Waals surface area (Å²) in [6.45, 7) is 7.67. The molecule has 2 rings (SSSR count). The Hall–Kier alpha value is -2.24. The molecule has 2 amide bonds. The number of anilines is 1. The van der Waals surface area contributed by atoms with Gasteiger partial charge in [0.25, 0.3) is 0 Å². The zero-order chi connectivity index (χ0) is 18.2. The van der Waals surface area contributed by atoms with Crippen molar-refractivity contribution in [3.05, 3.63) is 30.3 Å². The highest BCUT2D eigenvalue weighted by atomic mass is 16.5. The van der Waals surface area contributed by atoms with Gasteiger partial charge in [-0.1, -0.05) is 32.0 Å². The standard InChI is InChI=1S/C19H29N3O3/c1-4-25-19(24)21-17(14(2)3)18(23)20-15-10-12-22(13-11-15)16-8-6-5-7-9-16/h5-9,14-15,17H,4,10-13H2,1-3H3,(H,20,23)(H,21,24). The van der Waals surface area contributed by atoms with Gasteiger partial charge >= 0.3 is 6.09 Å². The van der Waals surface area contributed by atoms with Crippen LogP contribution in [0.4, 0.5) is 10.5 Å². The Bertz CT molecular complexity index is 554. The van der Waals surface area contributed by atoms with Crippen LogP contribution in [0.3, 0.4) is 0 Å². The first kappa shape index (κ1) is 19.1. The maximum atomic E-state index is 12.5. The van der Waals surface area contributed by atoms with E-state index in [1.165, 1.54) is 5.69 Å². The lowest BCUT2D eigenvalue weighted by atomic mass is 10.0. The van der Waals surface area contributed by atoms with E-state index in [-0.39, 0.29) is 24.5 Å². The van der Waals surface area contributed by atoms with E-state index in [0.717, 1.165) is 25.9 Å². The molecule has 0 spiro atoms. The van der Waals surface area contributed by atoms with Crippen LogP contribution in [0, 0.1) is 5.92 Å². The summed E-state index contributed by atoms with van der Waals surface area (Å²) in [6.07, 6.45) is 1.24. The van der Waals surface area contributed by atoms with Crippen molar-refractivity contribution in [2.75, 3.05) is 24.6 Å². The molecule has 1 aromatic rings. The van der Waals surface area contributed by atoms with Gasteiger partial charge in [0.1, 0.15) is 6.04 Å². The molecule has 0 radical (unpaired) electrons. The van der Waals surface area contributed by atoms with Crippen LogP contribution in [-0.4, -0.2) is 43.8 Å². The summed E-state index contributed by atoms with van der Waals surface area (Å²) in [5.41, 5.74) is 1.22. The largest absolute Gasteiger partial charge is 0.450 e. The second kappa shape index (κ2) is 9.30. The molecule has 0 saturated carbocycles. The Morgan fingerprint density at radius 1 is 1.20 bits per heavy atom. The number of benzene rings is 1. The summed E-state index contributed by atoms with van der Waals surface area (Å²) in [7, 11) is 0. The number of alkyl carbamates (subject to hydrolysis) is 1. The molecule has 2 N–H and O–H groups in total. The van der Waals surface area contributed by atoms with Crippen LogP contribution >= 0.6 is 0 Å². The molecule has 1 aliphatic heterocycles. The Morgan fingerprint density at radius 3 is 2.40 bits per heavy atom. The number of amides is 2. The molecule has 6 nitrogen and oxygen atoms in total. The number of para-hydroxylation sites is 1. The fraction of sp³-hybridized carbons (Fsp3) is 0.579. The van der Waals surface area contributed by atoms with Gasteiger partial charge in [0.05, 0.1) is 6.61 Å². The van der Waals surface area contributed by atoms with Crippen molar-refractivity contribution in [3.63, 3.8) is 0 Å². The number of hydrogen-bond donors (Lipinski definition) is 2. The molecular weight excluding hydrogens is 318 g/mol. The van der Waals surface area contributed by atoms with Crippen molar-refractivity contribution in [2.45, 2.75) is 45.7 Å². The molecule has 25 heavy (non-hydrogen) atoms. The third-order valence-corrected chi connectivity index (χ3v) is 4.46. The second-order valence-electron chi connectivity index (χ2n) is 6.69. The van der Waals surface area contributed by atoms with Crippen LogP contribution < -0.4 is 15.5 Å². The zero-order valence-electron chi connectivity index (χ0n) is 15.3. The minimum atomic E-state index is -0.578. The van der Waals surface area contributed by atoms with Gasteiger partial charge in [-0.05, 0) is 37.8 Å². The van der Waals surface area contributed by atoms with Gasteiger partial charge in [0.15, 0.2) is 0 Å². The molecule has 1 saturated heterocycles. The molecule has 1 fully saturated rings. The predicted molar refractivity (Wildman–Crippen MR) is 98.6 cm³/mol. The van der Waals surface area contributed by atoms with Crippen molar-refractivity contribution in [1.29, 1.82) is 0 Å². The molecule has 6 heteroatoms. The monoisotopic (exact) mass is 347 g/mol. The lowest BCUT2D eigenvalue weighted by molar-refractivity contribution is -0.124. The quantitative estimate of drug-likeness (QED) is 0.830. The van der Waals surface area contributed by atoms with Crippen LogP contribution in [0.2, 0.25) is 0 Å². The lowest BCUT2D eigenvalue weighted by Gasteiger charge is -2.35. The Kier molecular flexibility index (Phi) is 7.10. The first-order valence-corrected chi connectivity index (χ1v) is 9.05. The van der Waals surface area contributed by atoms with E-state index < -0.39 is 12.1 Å². The first-order valence-electron chi connectivity index (χ1n) is 9.05. The summed E-state index contributed by atoms with van der Waals surface area (Å²) in [4.78, 5) is 26.5. The smallest absolute Gasteiger partial charge is 0.407 e.